The van der Waals surface area contributed by atoms with Crippen LogP contribution in [0, 0.1) is 5.53 Å². The molecule has 0 aliphatic heterocycles. The predicted molar refractivity (Wildman–Crippen MR) is 79.5 cm³/mol. The fourth-order valence-corrected chi connectivity index (χ4v) is 2.28. The van der Waals surface area contributed by atoms with Crippen LogP contribution >= 0.6 is 0 Å². The number of nitrogens with zero attached hydrogens (tertiary/aromatic N) is 1. The summed E-state index contributed by atoms with van der Waals surface area (Å²) < 4.78 is 1.78. The van der Waals surface area contributed by atoms with Crippen LogP contribution in [0.2, 0.25) is 0 Å². The van der Waals surface area contributed by atoms with E-state index in [1.165, 1.54) is 77.0 Å². The zero-order chi connectivity index (χ0) is 13.5. The lowest BCUT2D eigenvalue weighted by Crippen LogP contribution is -2.11. The SMILES string of the molecule is CCCCCCCC[N+](=N)CCCCCCCC. The molecule has 18 heavy (non-hydrogen) atoms. The van der Waals surface area contributed by atoms with Crippen molar-refractivity contribution in [3.63, 3.8) is 0 Å². The average molecular weight is 255 g/mol. The second-order valence-corrected chi connectivity index (χ2v) is 5.52. The maximum absolute atomic E-state index is 7.84. The summed E-state index contributed by atoms with van der Waals surface area (Å²) in [6.45, 7) is 6.46. The number of rotatable bonds is 14. The normalized spacial score (nSPS) is 10.8. The molecular weight excluding hydrogens is 220 g/mol. The van der Waals surface area contributed by atoms with E-state index < -0.39 is 0 Å². The first-order valence-electron chi connectivity index (χ1n) is 8.27. The highest BCUT2D eigenvalue weighted by atomic mass is 15.2. The van der Waals surface area contributed by atoms with Crippen LogP contribution in [0.4, 0.5) is 0 Å². The molecular formula is C16H35N2+. The van der Waals surface area contributed by atoms with Gasteiger partial charge in [0.15, 0.2) is 13.1 Å². The zero-order valence-corrected chi connectivity index (χ0v) is 12.8. The molecule has 0 radical (unpaired) electrons. The van der Waals surface area contributed by atoms with Gasteiger partial charge in [-0.05, 0) is 12.8 Å². The quantitative estimate of drug-likeness (QED) is 0.232. The first-order valence-corrected chi connectivity index (χ1v) is 8.27. The third-order valence-electron chi connectivity index (χ3n) is 3.56. The van der Waals surface area contributed by atoms with Crippen molar-refractivity contribution in [1.29, 1.82) is 5.53 Å². The Morgan fingerprint density at radius 3 is 1.28 bits per heavy atom. The van der Waals surface area contributed by atoms with Crippen LogP contribution in [-0.4, -0.2) is 17.8 Å². The summed E-state index contributed by atoms with van der Waals surface area (Å²) in [5, 5.41) is 0. The van der Waals surface area contributed by atoms with Crippen LogP contribution in [-0.2, 0) is 0 Å². The summed E-state index contributed by atoms with van der Waals surface area (Å²) in [6.07, 6.45) is 15.9. The predicted octanol–water partition coefficient (Wildman–Crippen LogP) is 5.75. The number of hydrogen-bond donors (Lipinski definition) is 1. The van der Waals surface area contributed by atoms with Gasteiger partial charge in [0.1, 0.15) is 0 Å². The van der Waals surface area contributed by atoms with Crippen molar-refractivity contribution >= 4 is 0 Å². The van der Waals surface area contributed by atoms with Crippen LogP contribution in [0.5, 0.6) is 0 Å². The second-order valence-electron chi connectivity index (χ2n) is 5.52. The van der Waals surface area contributed by atoms with Gasteiger partial charge in [-0.15, -0.1) is 4.70 Å². The molecule has 0 fully saturated rings. The van der Waals surface area contributed by atoms with E-state index in [1.807, 2.05) is 0 Å². The molecule has 0 spiro atoms. The van der Waals surface area contributed by atoms with Gasteiger partial charge in [0.05, 0.1) is 0 Å². The molecule has 1 N–H and O–H groups in total. The first-order chi connectivity index (χ1) is 8.81. The molecule has 0 aromatic heterocycles. The highest BCUT2D eigenvalue weighted by Gasteiger charge is 2.03. The monoisotopic (exact) mass is 255 g/mol. The Morgan fingerprint density at radius 1 is 0.556 bits per heavy atom. The van der Waals surface area contributed by atoms with Crippen molar-refractivity contribution in [3.8, 4) is 0 Å². The van der Waals surface area contributed by atoms with E-state index in [0.29, 0.717) is 0 Å². The molecule has 0 unspecified atom stereocenters. The first kappa shape index (κ1) is 17.6. The van der Waals surface area contributed by atoms with Gasteiger partial charge in [0.2, 0.25) is 0 Å². The molecule has 0 saturated heterocycles. The van der Waals surface area contributed by atoms with Crippen molar-refractivity contribution in [1.82, 2.24) is 0 Å². The maximum atomic E-state index is 7.84. The summed E-state index contributed by atoms with van der Waals surface area (Å²) in [6, 6.07) is 0. The van der Waals surface area contributed by atoms with E-state index in [0.717, 1.165) is 13.1 Å². The third-order valence-corrected chi connectivity index (χ3v) is 3.56. The van der Waals surface area contributed by atoms with Crippen LogP contribution < -0.4 is 0 Å². The molecule has 0 aromatic carbocycles. The largest absolute Gasteiger partial charge is 0.167 e. The Kier molecular flexibility index (Phi) is 14.3. The molecule has 0 heterocycles. The molecule has 2 heteroatoms. The molecule has 0 saturated carbocycles. The van der Waals surface area contributed by atoms with E-state index in [2.05, 4.69) is 13.8 Å². The molecule has 0 aromatic rings. The molecule has 0 bridgehead atoms. The zero-order valence-electron chi connectivity index (χ0n) is 12.8. The van der Waals surface area contributed by atoms with Gasteiger partial charge < -0.3 is 0 Å². The minimum Gasteiger partial charge on any atom is -0.130 e. The summed E-state index contributed by atoms with van der Waals surface area (Å²) in [5.41, 5.74) is 7.84. The van der Waals surface area contributed by atoms with Gasteiger partial charge in [-0.2, -0.15) is 0 Å². The molecule has 2 nitrogen and oxygen atoms in total. The fraction of sp³-hybridized carbons (Fsp3) is 1.00. The molecule has 0 rings (SSSR count). The summed E-state index contributed by atoms with van der Waals surface area (Å²) in [4.78, 5) is 0. The highest BCUT2D eigenvalue weighted by molar-refractivity contribution is 4.44. The number of unbranched alkanes of at least 4 members (excludes halogenated alkanes) is 10. The van der Waals surface area contributed by atoms with Gasteiger partial charge in [-0.3, -0.25) is 0 Å². The van der Waals surface area contributed by atoms with E-state index in [4.69, 9.17) is 5.53 Å². The lowest BCUT2D eigenvalue weighted by molar-refractivity contribution is -0.615. The maximum Gasteiger partial charge on any atom is 0.167 e. The molecule has 108 valence electrons. The average Bonchev–Trinajstić information content (AvgIpc) is 2.38. The van der Waals surface area contributed by atoms with Crippen LogP contribution in [0.1, 0.15) is 90.9 Å². The van der Waals surface area contributed by atoms with Gasteiger partial charge >= 0.3 is 0 Å². The van der Waals surface area contributed by atoms with Crippen molar-refractivity contribution in [2.24, 2.45) is 0 Å². The fourth-order valence-electron chi connectivity index (χ4n) is 2.28. The Labute approximate surface area is 115 Å². The van der Waals surface area contributed by atoms with Crippen LogP contribution in [0.25, 0.3) is 0 Å². The van der Waals surface area contributed by atoms with Crippen molar-refractivity contribution in [3.05, 3.63) is 0 Å². The Bertz CT molecular complexity index is 160. The van der Waals surface area contributed by atoms with Gasteiger partial charge in [0.25, 0.3) is 0 Å². The summed E-state index contributed by atoms with van der Waals surface area (Å²) >= 11 is 0. The van der Waals surface area contributed by atoms with E-state index in [9.17, 15) is 0 Å². The Morgan fingerprint density at radius 2 is 0.889 bits per heavy atom. The number of hydrogen-bond acceptors (Lipinski definition) is 1. The summed E-state index contributed by atoms with van der Waals surface area (Å²) in [7, 11) is 0. The second kappa shape index (κ2) is 14.7. The lowest BCUT2D eigenvalue weighted by Gasteiger charge is -2.01. The van der Waals surface area contributed by atoms with E-state index in [-0.39, 0.29) is 0 Å². The van der Waals surface area contributed by atoms with Crippen molar-refractivity contribution in [2.75, 3.05) is 13.1 Å². The third kappa shape index (κ3) is 13.7. The van der Waals surface area contributed by atoms with Gasteiger partial charge in [-0.1, -0.05) is 70.7 Å². The minimum atomic E-state index is 0.973. The van der Waals surface area contributed by atoms with Crippen molar-refractivity contribution in [2.45, 2.75) is 90.9 Å². The molecule has 0 aliphatic carbocycles. The number of nitrogens with one attached hydrogen (secondary N) is 1. The smallest absolute Gasteiger partial charge is 0.130 e. The van der Waals surface area contributed by atoms with Crippen LogP contribution in [0.15, 0.2) is 0 Å². The Hall–Kier alpha value is -0.400. The standard InChI is InChI=1S/C16H35N2/c1-3-5-7-9-11-13-15-18(17)16-14-12-10-8-6-4-2/h17H,3-16H2,1-2H3/q+1. The molecule has 0 amide bonds. The minimum absolute atomic E-state index is 0.973. The van der Waals surface area contributed by atoms with E-state index in [1.54, 1.807) is 4.70 Å². The topological polar surface area (TPSA) is 26.9 Å². The highest BCUT2D eigenvalue weighted by Crippen LogP contribution is 2.06. The van der Waals surface area contributed by atoms with Crippen molar-refractivity contribution < 1.29 is 4.70 Å². The Balaban J connectivity index is 3.12. The van der Waals surface area contributed by atoms with Crippen LogP contribution in [0.3, 0.4) is 0 Å². The summed E-state index contributed by atoms with van der Waals surface area (Å²) in [5.74, 6) is 0. The van der Waals surface area contributed by atoms with E-state index >= 15 is 0 Å². The van der Waals surface area contributed by atoms with Gasteiger partial charge in [0, 0.05) is 12.8 Å². The van der Waals surface area contributed by atoms with Gasteiger partial charge in [-0.25, -0.2) is 0 Å². The molecule has 0 aliphatic rings. The molecule has 0 atom stereocenters. The lowest BCUT2D eigenvalue weighted by atomic mass is 10.1.